The molecule has 2 heterocycles. The van der Waals surface area contributed by atoms with E-state index in [0.29, 0.717) is 23.6 Å². The van der Waals surface area contributed by atoms with E-state index in [1.807, 2.05) is 17.5 Å². The molecular formula is C14H17N3O3S. The Bertz CT molecular complexity index is 619. The molecule has 0 aliphatic rings. The Morgan fingerprint density at radius 3 is 2.71 bits per heavy atom. The van der Waals surface area contributed by atoms with E-state index in [0.717, 1.165) is 6.42 Å². The van der Waals surface area contributed by atoms with Crippen molar-refractivity contribution in [2.45, 2.75) is 20.3 Å². The number of nitrogens with one attached hydrogen (secondary N) is 3. The van der Waals surface area contributed by atoms with E-state index in [1.165, 1.54) is 4.88 Å². The summed E-state index contributed by atoms with van der Waals surface area (Å²) in [6, 6.07) is 5.16. The standard InChI is InChI=1S/C14H17N3O3S/c1-9-8-12(10(2)20-9)13(18)16-17-14(19)15-6-5-11-4-3-7-21-11/h3-4,7-8H,5-6H2,1-2H3,(H,16,18)(H2,15,17,19). The van der Waals surface area contributed by atoms with Crippen LogP contribution in [0.4, 0.5) is 4.79 Å². The van der Waals surface area contributed by atoms with E-state index in [2.05, 4.69) is 16.2 Å². The van der Waals surface area contributed by atoms with Crippen LogP contribution in [0.3, 0.4) is 0 Å². The predicted molar refractivity (Wildman–Crippen MR) is 80.2 cm³/mol. The third-order valence-electron chi connectivity index (χ3n) is 2.81. The van der Waals surface area contributed by atoms with Gasteiger partial charge in [-0.2, -0.15) is 0 Å². The summed E-state index contributed by atoms with van der Waals surface area (Å²) in [7, 11) is 0. The fourth-order valence-corrected chi connectivity index (χ4v) is 2.54. The van der Waals surface area contributed by atoms with Crippen LogP contribution >= 0.6 is 11.3 Å². The maximum Gasteiger partial charge on any atom is 0.333 e. The van der Waals surface area contributed by atoms with Crippen LogP contribution in [0.25, 0.3) is 0 Å². The molecule has 0 aromatic carbocycles. The van der Waals surface area contributed by atoms with E-state index >= 15 is 0 Å². The number of amides is 3. The number of hydrogen-bond donors (Lipinski definition) is 3. The van der Waals surface area contributed by atoms with Crippen LogP contribution < -0.4 is 16.2 Å². The Morgan fingerprint density at radius 1 is 1.29 bits per heavy atom. The van der Waals surface area contributed by atoms with Crippen molar-refractivity contribution in [2.75, 3.05) is 6.54 Å². The van der Waals surface area contributed by atoms with Crippen molar-refractivity contribution < 1.29 is 14.0 Å². The fraction of sp³-hybridized carbons (Fsp3) is 0.286. The van der Waals surface area contributed by atoms with Crippen LogP contribution in [0.1, 0.15) is 26.8 Å². The molecule has 0 radical (unpaired) electrons. The lowest BCUT2D eigenvalue weighted by molar-refractivity contribution is 0.0934. The van der Waals surface area contributed by atoms with Crippen molar-refractivity contribution in [2.24, 2.45) is 0 Å². The number of hydrazine groups is 1. The number of hydrogen-bond acceptors (Lipinski definition) is 4. The van der Waals surface area contributed by atoms with Gasteiger partial charge in [-0.1, -0.05) is 6.07 Å². The molecule has 6 nitrogen and oxygen atoms in total. The lowest BCUT2D eigenvalue weighted by Crippen LogP contribution is -2.47. The Kier molecular flexibility index (Phi) is 4.99. The average molecular weight is 307 g/mol. The Morgan fingerprint density at radius 2 is 2.10 bits per heavy atom. The summed E-state index contributed by atoms with van der Waals surface area (Å²) in [5.74, 6) is 0.765. The van der Waals surface area contributed by atoms with Gasteiger partial charge in [0, 0.05) is 11.4 Å². The molecule has 0 aliphatic carbocycles. The van der Waals surface area contributed by atoms with Crippen LogP contribution in [0.5, 0.6) is 0 Å². The van der Waals surface area contributed by atoms with Crippen LogP contribution in [-0.4, -0.2) is 18.5 Å². The van der Waals surface area contributed by atoms with Gasteiger partial charge in [-0.25, -0.2) is 10.2 Å². The summed E-state index contributed by atoms with van der Waals surface area (Å²) in [5, 5.41) is 4.66. The lowest BCUT2D eigenvalue weighted by atomic mass is 10.2. The molecule has 21 heavy (non-hydrogen) atoms. The van der Waals surface area contributed by atoms with Crippen LogP contribution in [0, 0.1) is 13.8 Å². The molecule has 2 aromatic heterocycles. The molecule has 0 bridgehead atoms. The topological polar surface area (TPSA) is 83.4 Å². The molecule has 3 N–H and O–H groups in total. The van der Waals surface area contributed by atoms with Gasteiger partial charge in [0.15, 0.2) is 0 Å². The first-order chi connectivity index (χ1) is 10.1. The number of furan rings is 1. The quantitative estimate of drug-likeness (QED) is 0.757. The number of rotatable bonds is 4. The zero-order chi connectivity index (χ0) is 15.2. The minimum atomic E-state index is -0.447. The van der Waals surface area contributed by atoms with Gasteiger partial charge in [0.1, 0.15) is 11.5 Å². The van der Waals surface area contributed by atoms with Crippen LogP contribution in [0.2, 0.25) is 0 Å². The van der Waals surface area contributed by atoms with Crippen molar-refractivity contribution >= 4 is 23.3 Å². The lowest BCUT2D eigenvalue weighted by Gasteiger charge is -2.08. The molecule has 0 atom stereocenters. The Balaban J connectivity index is 1.71. The molecular weight excluding hydrogens is 290 g/mol. The first-order valence-electron chi connectivity index (χ1n) is 6.50. The highest BCUT2D eigenvalue weighted by molar-refractivity contribution is 7.09. The largest absolute Gasteiger partial charge is 0.466 e. The molecule has 2 aromatic rings. The van der Waals surface area contributed by atoms with E-state index in [-0.39, 0.29) is 0 Å². The molecule has 0 spiro atoms. The SMILES string of the molecule is Cc1cc(C(=O)NNC(=O)NCCc2cccs2)c(C)o1. The van der Waals surface area contributed by atoms with Crippen molar-refractivity contribution in [1.29, 1.82) is 0 Å². The van der Waals surface area contributed by atoms with Gasteiger partial charge >= 0.3 is 6.03 Å². The van der Waals surface area contributed by atoms with Gasteiger partial charge in [0.25, 0.3) is 5.91 Å². The van der Waals surface area contributed by atoms with E-state index in [9.17, 15) is 9.59 Å². The molecule has 3 amide bonds. The van der Waals surface area contributed by atoms with E-state index < -0.39 is 11.9 Å². The maximum atomic E-state index is 11.8. The number of carbonyl (C=O) groups is 2. The zero-order valence-corrected chi connectivity index (χ0v) is 12.7. The number of carbonyl (C=O) groups excluding carboxylic acids is 2. The third kappa shape index (κ3) is 4.35. The minimum Gasteiger partial charge on any atom is -0.466 e. The smallest absolute Gasteiger partial charge is 0.333 e. The van der Waals surface area contributed by atoms with Gasteiger partial charge in [-0.3, -0.25) is 10.2 Å². The van der Waals surface area contributed by atoms with Crippen LogP contribution in [-0.2, 0) is 6.42 Å². The highest BCUT2D eigenvalue weighted by Gasteiger charge is 2.13. The summed E-state index contributed by atoms with van der Waals surface area (Å²) in [5.41, 5.74) is 5.06. The summed E-state index contributed by atoms with van der Waals surface area (Å²) in [4.78, 5) is 24.6. The molecule has 2 rings (SSSR count). The first-order valence-corrected chi connectivity index (χ1v) is 7.38. The van der Waals surface area contributed by atoms with E-state index in [1.54, 1.807) is 31.3 Å². The number of urea groups is 1. The highest BCUT2D eigenvalue weighted by atomic mass is 32.1. The van der Waals surface area contributed by atoms with Crippen molar-refractivity contribution in [3.63, 3.8) is 0 Å². The van der Waals surface area contributed by atoms with Gasteiger partial charge in [-0.15, -0.1) is 11.3 Å². The second-order valence-electron chi connectivity index (χ2n) is 4.49. The minimum absolute atomic E-state index is 0.405. The summed E-state index contributed by atoms with van der Waals surface area (Å²) in [6.45, 7) is 3.96. The molecule has 0 saturated carbocycles. The molecule has 0 fully saturated rings. The molecule has 0 saturated heterocycles. The van der Waals surface area contributed by atoms with Gasteiger partial charge in [0.2, 0.25) is 0 Å². The van der Waals surface area contributed by atoms with Gasteiger partial charge in [-0.05, 0) is 37.8 Å². The van der Waals surface area contributed by atoms with Gasteiger partial charge < -0.3 is 9.73 Å². The van der Waals surface area contributed by atoms with Crippen LogP contribution in [0.15, 0.2) is 28.0 Å². The number of thiophene rings is 1. The highest BCUT2D eigenvalue weighted by Crippen LogP contribution is 2.12. The molecule has 0 aliphatic heterocycles. The second-order valence-corrected chi connectivity index (χ2v) is 5.52. The monoisotopic (exact) mass is 307 g/mol. The Labute approximate surface area is 126 Å². The summed E-state index contributed by atoms with van der Waals surface area (Å²) >= 11 is 1.64. The molecule has 112 valence electrons. The predicted octanol–water partition coefficient (Wildman–Crippen LogP) is 2.14. The van der Waals surface area contributed by atoms with Crippen molar-refractivity contribution in [1.82, 2.24) is 16.2 Å². The zero-order valence-electron chi connectivity index (χ0n) is 11.9. The third-order valence-corrected chi connectivity index (χ3v) is 3.75. The second kappa shape index (κ2) is 6.94. The maximum absolute atomic E-state index is 11.8. The van der Waals surface area contributed by atoms with E-state index in [4.69, 9.17) is 4.42 Å². The fourth-order valence-electron chi connectivity index (χ4n) is 1.84. The molecule has 7 heteroatoms. The van der Waals surface area contributed by atoms with Gasteiger partial charge in [0.05, 0.1) is 5.56 Å². The average Bonchev–Trinajstić information content (AvgIpc) is 3.06. The molecule has 0 unspecified atom stereocenters. The normalized spacial score (nSPS) is 10.2. The van der Waals surface area contributed by atoms with Crippen molar-refractivity contribution in [3.8, 4) is 0 Å². The number of aryl methyl sites for hydroxylation is 2. The Hall–Kier alpha value is -2.28. The summed E-state index contributed by atoms with van der Waals surface area (Å²) in [6.07, 6.45) is 0.763. The summed E-state index contributed by atoms with van der Waals surface area (Å²) < 4.78 is 5.26. The first kappa shape index (κ1) is 15.1. The van der Waals surface area contributed by atoms with Crippen molar-refractivity contribution in [3.05, 3.63) is 45.5 Å².